The molecule has 2 rings (SSSR count). The van der Waals surface area contributed by atoms with Crippen LogP contribution in [0.2, 0.25) is 5.02 Å². The number of carbonyl (C=O) groups is 1. The minimum absolute atomic E-state index is 0.235. The second kappa shape index (κ2) is 6.46. The highest BCUT2D eigenvalue weighted by atomic mass is 35.5. The molecule has 3 N–H and O–H groups in total. The molecule has 0 aliphatic carbocycles. The molecular weight excluding hydrogens is 314 g/mol. The Morgan fingerprint density at radius 3 is 2.76 bits per heavy atom. The van der Waals surface area contributed by atoms with E-state index in [1.54, 1.807) is 18.2 Å². The third kappa shape index (κ3) is 4.73. The van der Waals surface area contributed by atoms with Gasteiger partial charge in [0.05, 0.1) is 6.26 Å². The molecule has 0 unspecified atom stereocenters. The Morgan fingerprint density at radius 1 is 1.29 bits per heavy atom. The molecule has 0 bridgehead atoms. The van der Waals surface area contributed by atoms with Crippen LogP contribution in [0.25, 0.3) is 10.9 Å². The summed E-state index contributed by atoms with van der Waals surface area (Å²) in [6.45, 7) is 0.679. The van der Waals surface area contributed by atoms with Gasteiger partial charge in [0.25, 0.3) is 5.91 Å². The molecular formula is C13H16ClN3O3S. The molecule has 6 nitrogen and oxygen atoms in total. The van der Waals surface area contributed by atoms with Gasteiger partial charge in [-0.1, -0.05) is 11.6 Å². The number of aromatic nitrogens is 1. The van der Waals surface area contributed by atoms with Crippen LogP contribution in [-0.2, 0) is 10.0 Å². The monoisotopic (exact) mass is 329 g/mol. The Morgan fingerprint density at radius 2 is 2.05 bits per heavy atom. The topological polar surface area (TPSA) is 91.1 Å². The van der Waals surface area contributed by atoms with Crippen molar-refractivity contribution in [3.8, 4) is 0 Å². The zero-order valence-corrected chi connectivity index (χ0v) is 13.0. The molecule has 21 heavy (non-hydrogen) atoms. The van der Waals surface area contributed by atoms with E-state index in [2.05, 4.69) is 15.0 Å². The minimum Gasteiger partial charge on any atom is -0.351 e. The first-order valence-electron chi connectivity index (χ1n) is 6.36. The van der Waals surface area contributed by atoms with Crippen LogP contribution in [0, 0.1) is 0 Å². The second-order valence-electron chi connectivity index (χ2n) is 4.69. The van der Waals surface area contributed by atoms with Gasteiger partial charge < -0.3 is 10.3 Å². The summed E-state index contributed by atoms with van der Waals surface area (Å²) >= 11 is 5.89. The average Bonchev–Trinajstić information content (AvgIpc) is 2.79. The number of nitrogens with one attached hydrogen (secondary N) is 3. The van der Waals surface area contributed by atoms with Crippen molar-refractivity contribution < 1.29 is 13.2 Å². The van der Waals surface area contributed by atoms with E-state index in [1.165, 1.54) is 0 Å². The highest BCUT2D eigenvalue weighted by molar-refractivity contribution is 7.88. The highest BCUT2D eigenvalue weighted by Gasteiger charge is 2.09. The van der Waals surface area contributed by atoms with Crippen LogP contribution in [-0.4, -0.2) is 38.7 Å². The lowest BCUT2D eigenvalue weighted by Crippen LogP contribution is -2.29. The molecule has 1 aromatic heterocycles. The Balaban J connectivity index is 1.87. The molecule has 114 valence electrons. The first-order valence-corrected chi connectivity index (χ1v) is 8.63. The predicted octanol–water partition coefficient (Wildman–Crippen LogP) is 1.49. The van der Waals surface area contributed by atoms with Crippen molar-refractivity contribution in [1.29, 1.82) is 0 Å². The quantitative estimate of drug-likeness (QED) is 0.701. The number of aromatic amines is 1. The van der Waals surface area contributed by atoms with Gasteiger partial charge in [-0.25, -0.2) is 13.1 Å². The molecule has 1 heterocycles. The van der Waals surface area contributed by atoms with Crippen molar-refractivity contribution in [2.24, 2.45) is 0 Å². The van der Waals surface area contributed by atoms with E-state index in [0.29, 0.717) is 30.2 Å². The maximum atomic E-state index is 11.9. The Kier molecular flexibility index (Phi) is 4.87. The fourth-order valence-electron chi connectivity index (χ4n) is 1.87. The summed E-state index contributed by atoms with van der Waals surface area (Å²) in [6.07, 6.45) is 1.62. The fraction of sp³-hybridized carbons (Fsp3) is 0.308. The Labute approximate surface area is 127 Å². The van der Waals surface area contributed by atoms with E-state index in [1.807, 2.05) is 6.07 Å². The largest absolute Gasteiger partial charge is 0.351 e. The summed E-state index contributed by atoms with van der Waals surface area (Å²) in [5.41, 5.74) is 1.28. The smallest absolute Gasteiger partial charge is 0.267 e. The molecule has 0 spiro atoms. The number of carbonyl (C=O) groups excluding carboxylic acids is 1. The fourth-order valence-corrected chi connectivity index (χ4v) is 2.56. The van der Waals surface area contributed by atoms with Gasteiger partial charge >= 0.3 is 0 Å². The lowest BCUT2D eigenvalue weighted by atomic mass is 10.2. The summed E-state index contributed by atoms with van der Waals surface area (Å²) in [4.78, 5) is 15.0. The van der Waals surface area contributed by atoms with Crippen LogP contribution in [0.4, 0.5) is 0 Å². The van der Waals surface area contributed by atoms with Gasteiger partial charge in [0.1, 0.15) is 5.69 Å². The lowest BCUT2D eigenvalue weighted by molar-refractivity contribution is 0.0949. The molecule has 2 aromatic rings. The molecule has 1 aromatic carbocycles. The number of sulfonamides is 1. The lowest BCUT2D eigenvalue weighted by Gasteiger charge is -2.04. The number of H-pyrrole nitrogens is 1. The van der Waals surface area contributed by atoms with Crippen molar-refractivity contribution in [1.82, 2.24) is 15.0 Å². The number of hydrogen-bond acceptors (Lipinski definition) is 3. The number of hydrogen-bond donors (Lipinski definition) is 3. The highest BCUT2D eigenvalue weighted by Crippen LogP contribution is 2.19. The first-order chi connectivity index (χ1) is 9.85. The van der Waals surface area contributed by atoms with Crippen LogP contribution in [0.3, 0.4) is 0 Å². The van der Waals surface area contributed by atoms with E-state index >= 15 is 0 Å². The van der Waals surface area contributed by atoms with Crippen LogP contribution in [0.1, 0.15) is 16.9 Å². The van der Waals surface area contributed by atoms with E-state index < -0.39 is 10.0 Å². The molecule has 0 aliphatic rings. The van der Waals surface area contributed by atoms with Crippen LogP contribution in [0.15, 0.2) is 24.3 Å². The molecule has 1 amide bonds. The maximum Gasteiger partial charge on any atom is 0.267 e. The standard InChI is InChI=1S/C13H16ClN3O3S/c1-21(19,20)16-6-2-5-15-13(18)12-8-9-7-10(14)3-4-11(9)17-12/h3-4,7-8,16-17H,2,5-6H2,1H3,(H,15,18). The zero-order valence-electron chi connectivity index (χ0n) is 11.4. The molecule has 0 aliphatic heterocycles. The van der Waals surface area contributed by atoms with Crippen LogP contribution >= 0.6 is 11.6 Å². The molecule has 0 radical (unpaired) electrons. The number of halogens is 1. The van der Waals surface area contributed by atoms with Gasteiger partial charge in [0, 0.05) is 29.0 Å². The normalized spacial score (nSPS) is 11.7. The number of fused-ring (bicyclic) bond motifs is 1. The van der Waals surface area contributed by atoms with Gasteiger partial charge in [0.15, 0.2) is 0 Å². The van der Waals surface area contributed by atoms with Gasteiger partial charge in [-0.05, 0) is 30.7 Å². The number of rotatable bonds is 6. The molecule has 0 saturated carbocycles. The first kappa shape index (κ1) is 15.8. The van der Waals surface area contributed by atoms with E-state index in [-0.39, 0.29) is 5.91 Å². The van der Waals surface area contributed by atoms with Crippen LogP contribution < -0.4 is 10.0 Å². The van der Waals surface area contributed by atoms with E-state index in [0.717, 1.165) is 17.2 Å². The zero-order chi connectivity index (χ0) is 15.5. The second-order valence-corrected chi connectivity index (χ2v) is 6.96. The molecule has 0 fully saturated rings. The van der Waals surface area contributed by atoms with Crippen molar-refractivity contribution >= 4 is 38.4 Å². The summed E-state index contributed by atoms with van der Waals surface area (Å²) in [6, 6.07) is 7.06. The number of benzene rings is 1. The third-order valence-corrected chi connectivity index (χ3v) is 3.79. The Bertz CT molecular complexity index is 755. The summed E-state index contributed by atoms with van der Waals surface area (Å²) in [7, 11) is -3.18. The summed E-state index contributed by atoms with van der Waals surface area (Å²) in [5.74, 6) is -0.235. The van der Waals surface area contributed by atoms with E-state index in [9.17, 15) is 13.2 Å². The van der Waals surface area contributed by atoms with Crippen molar-refractivity contribution in [2.45, 2.75) is 6.42 Å². The third-order valence-electron chi connectivity index (χ3n) is 2.83. The van der Waals surface area contributed by atoms with E-state index in [4.69, 9.17) is 11.6 Å². The number of amides is 1. The molecule has 0 atom stereocenters. The molecule has 8 heteroatoms. The average molecular weight is 330 g/mol. The summed E-state index contributed by atoms with van der Waals surface area (Å²) < 4.78 is 24.1. The van der Waals surface area contributed by atoms with Gasteiger partial charge in [-0.15, -0.1) is 0 Å². The predicted molar refractivity (Wildman–Crippen MR) is 83.1 cm³/mol. The van der Waals surface area contributed by atoms with Crippen molar-refractivity contribution in [3.63, 3.8) is 0 Å². The van der Waals surface area contributed by atoms with Crippen molar-refractivity contribution in [3.05, 3.63) is 35.0 Å². The van der Waals surface area contributed by atoms with Crippen molar-refractivity contribution in [2.75, 3.05) is 19.3 Å². The van der Waals surface area contributed by atoms with Gasteiger partial charge in [0.2, 0.25) is 10.0 Å². The maximum absolute atomic E-state index is 11.9. The molecule has 0 saturated heterocycles. The van der Waals surface area contributed by atoms with Crippen LogP contribution in [0.5, 0.6) is 0 Å². The minimum atomic E-state index is -3.18. The Hall–Kier alpha value is -1.57. The SMILES string of the molecule is CS(=O)(=O)NCCCNC(=O)c1cc2cc(Cl)ccc2[nH]1. The summed E-state index contributed by atoms with van der Waals surface area (Å²) in [5, 5.41) is 4.20. The van der Waals surface area contributed by atoms with Gasteiger partial charge in [-0.3, -0.25) is 4.79 Å². The van der Waals surface area contributed by atoms with Gasteiger partial charge in [-0.2, -0.15) is 0 Å².